The monoisotopic (exact) mass is 819 g/mol. The Morgan fingerprint density at radius 3 is 1.77 bits per heavy atom. The van der Waals surface area contributed by atoms with Gasteiger partial charge in [-0.3, -0.25) is 0 Å². The second kappa shape index (κ2) is 15.3. The normalized spacial score (nSPS) is 11.8. The topological polar surface area (TPSA) is 51.8 Å². The lowest BCUT2D eigenvalue weighted by atomic mass is 9.78. The second-order valence-electron chi connectivity index (χ2n) is 16.8. The molecule has 9 aromatic carbocycles. The van der Waals surface area contributed by atoms with E-state index in [9.17, 15) is 0 Å². The smallest absolute Gasteiger partial charge is 0.136 e. The number of nitrogens with zero attached hydrogens (tertiary/aromatic N) is 3. The first-order valence-corrected chi connectivity index (χ1v) is 21.9. The highest BCUT2D eigenvalue weighted by molar-refractivity contribution is 6.19. The molecule has 0 N–H and O–H groups in total. The van der Waals surface area contributed by atoms with Crippen LogP contribution in [0.3, 0.4) is 0 Å². The summed E-state index contributed by atoms with van der Waals surface area (Å²) >= 11 is 0. The molecule has 2 heterocycles. The van der Waals surface area contributed by atoms with Crippen LogP contribution in [0.1, 0.15) is 22.3 Å². The summed E-state index contributed by atoms with van der Waals surface area (Å²) < 4.78 is 6.75. The summed E-state index contributed by atoms with van der Waals surface area (Å²) in [6.45, 7) is 4.54. The van der Waals surface area contributed by atoms with E-state index in [1.165, 1.54) is 44.5 Å². The Kier molecular flexibility index (Phi) is 8.98. The largest absolute Gasteiger partial charge is 0.456 e. The van der Waals surface area contributed by atoms with Gasteiger partial charge in [-0.15, -0.1) is 10.2 Å². The molecule has 0 bridgehead atoms. The van der Waals surface area contributed by atoms with Gasteiger partial charge in [0.25, 0.3) is 0 Å². The molecule has 11 aromatic rings. The van der Waals surface area contributed by atoms with Crippen molar-refractivity contribution < 1.29 is 4.42 Å². The number of rotatable bonds is 7. The molecule has 0 atom stereocenters. The molecule has 64 heavy (non-hydrogen) atoms. The van der Waals surface area contributed by atoms with Crippen LogP contribution in [0.2, 0.25) is 0 Å². The van der Waals surface area contributed by atoms with Crippen LogP contribution >= 0.6 is 0 Å². The number of para-hydroxylation sites is 1. The zero-order valence-corrected chi connectivity index (χ0v) is 35.5. The average molecular weight is 820 g/mol. The van der Waals surface area contributed by atoms with Gasteiger partial charge in [-0.1, -0.05) is 170 Å². The zero-order chi connectivity index (χ0) is 42.7. The Labute approximate surface area is 372 Å². The van der Waals surface area contributed by atoms with E-state index in [4.69, 9.17) is 9.52 Å². The maximum atomic E-state index is 6.75. The van der Waals surface area contributed by atoms with Gasteiger partial charge in [0, 0.05) is 27.5 Å². The molecule has 0 fully saturated rings. The summed E-state index contributed by atoms with van der Waals surface area (Å²) in [6.07, 6.45) is 2.62. The van der Waals surface area contributed by atoms with Crippen LogP contribution in [-0.2, 0) is 6.42 Å². The molecular formula is C60H41N3O. The first-order chi connectivity index (χ1) is 31.6. The quantitative estimate of drug-likeness (QED) is 0.161. The molecule has 2 aromatic heterocycles. The van der Waals surface area contributed by atoms with Crippen molar-refractivity contribution >= 4 is 21.9 Å². The van der Waals surface area contributed by atoms with Gasteiger partial charge in [-0.05, 0) is 139 Å². The summed E-state index contributed by atoms with van der Waals surface area (Å²) in [5.74, 6) is 0. The van der Waals surface area contributed by atoms with Crippen molar-refractivity contribution in [3.05, 3.63) is 223 Å². The molecule has 0 saturated carbocycles. The van der Waals surface area contributed by atoms with Crippen LogP contribution in [0.25, 0.3) is 111 Å². The van der Waals surface area contributed by atoms with Gasteiger partial charge in [-0.2, -0.15) is 0 Å². The lowest BCUT2D eigenvalue weighted by Gasteiger charge is -2.25. The summed E-state index contributed by atoms with van der Waals surface area (Å²) in [5, 5.41) is 15.6. The summed E-state index contributed by atoms with van der Waals surface area (Å²) in [7, 11) is 0. The van der Waals surface area contributed by atoms with Crippen LogP contribution in [0.4, 0.5) is 0 Å². The van der Waals surface area contributed by atoms with Gasteiger partial charge in [0.15, 0.2) is 0 Å². The molecule has 4 nitrogen and oxygen atoms in total. The molecule has 1 aliphatic rings. The third kappa shape index (κ3) is 6.02. The lowest BCUT2D eigenvalue weighted by molar-refractivity contribution is 0.669. The molecule has 0 amide bonds. The Morgan fingerprint density at radius 1 is 0.422 bits per heavy atom. The van der Waals surface area contributed by atoms with Crippen LogP contribution in [0, 0.1) is 13.8 Å². The lowest BCUT2D eigenvalue weighted by Crippen LogP contribution is -2.01. The van der Waals surface area contributed by atoms with Crippen LogP contribution in [0.5, 0.6) is 0 Å². The van der Waals surface area contributed by atoms with Crippen molar-refractivity contribution in [3.63, 3.8) is 0 Å². The molecule has 0 radical (unpaired) electrons. The summed E-state index contributed by atoms with van der Waals surface area (Å²) in [6, 6.07) is 69.7. The Morgan fingerprint density at radius 2 is 1.02 bits per heavy atom. The van der Waals surface area contributed by atoms with Gasteiger partial charge < -0.3 is 4.42 Å². The van der Waals surface area contributed by atoms with Crippen molar-refractivity contribution in [1.82, 2.24) is 15.4 Å². The number of hydrogen-bond donors (Lipinski definition) is 0. The first-order valence-electron chi connectivity index (χ1n) is 21.9. The summed E-state index contributed by atoms with van der Waals surface area (Å²) in [5.41, 5.74) is 24.8. The number of furan rings is 1. The maximum absolute atomic E-state index is 6.75. The number of aryl methyl sites for hydroxylation is 1. The molecule has 1 aliphatic carbocycles. The number of aromatic nitrogens is 3. The molecule has 4 heteroatoms. The van der Waals surface area contributed by atoms with Crippen LogP contribution < -0.4 is 0 Å². The number of benzene rings is 9. The average Bonchev–Trinajstić information content (AvgIpc) is 3.93. The van der Waals surface area contributed by atoms with Crippen molar-refractivity contribution in [2.45, 2.75) is 20.3 Å². The standard InChI is InChI=1S/C60H41N3O/c1-37-35-51-43-23-10-9-21-41(43)36-52(51)56(38(37)2)49-31-32-55-60(48-27-15-16-28-54(48)64-55)58(49)50-30-29-44(40-19-7-4-8-20-40)57(59(50)53-33-34-61-63-62-53)47-26-14-13-25-46(47)45-24-12-11-22-42(45)39-17-5-3-6-18-39/h3-35H,36H2,1-2H3. The van der Waals surface area contributed by atoms with E-state index in [2.05, 4.69) is 212 Å². The van der Waals surface area contributed by atoms with E-state index in [0.29, 0.717) is 0 Å². The highest BCUT2D eigenvalue weighted by Gasteiger charge is 2.30. The van der Waals surface area contributed by atoms with Crippen molar-refractivity contribution in [2.24, 2.45) is 0 Å². The fourth-order valence-corrected chi connectivity index (χ4v) is 10.3. The van der Waals surface area contributed by atoms with Gasteiger partial charge in [0.2, 0.25) is 0 Å². The molecule has 0 saturated heterocycles. The number of fused-ring (bicyclic) bond motifs is 6. The number of hydrogen-bond acceptors (Lipinski definition) is 4. The van der Waals surface area contributed by atoms with E-state index >= 15 is 0 Å². The van der Waals surface area contributed by atoms with Crippen LogP contribution in [-0.4, -0.2) is 15.4 Å². The molecule has 302 valence electrons. The Balaban J connectivity index is 1.25. The van der Waals surface area contributed by atoms with Crippen molar-refractivity contribution in [3.8, 4) is 89.1 Å². The molecule has 0 spiro atoms. The Hall–Kier alpha value is -8.21. The third-order valence-electron chi connectivity index (χ3n) is 13.3. The van der Waals surface area contributed by atoms with Gasteiger partial charge in [0.05, 0.1) is 11.9 Å². The van der Waals surface area contributed by atoms with E-state index < -0.39 is 0 Å². The maximum Gasteiger partial charge on any atom is 0.136 e. The summed E-state index contributed by atoms with van der Waals surface area (Å²) in [4.78, 5) is 0. The SMILES string of the molecule is Cc1cc2c(c(-c3ccc4oc5ccccc5c4c3-c3ccc(-c4ccccc4)c(-c4ccccc4-c4ccccc4-c4ccccc4)c3-c3ccnnn3)c1C)Cc1ccccc1-2. The fraction of sp³-hybridized carbons (Fsp3) is 0.0500. The van der Waals surface area contributed by atoms with Crippen molar-refractivity contribution in [2.75, 3.05) is 0 Å². The minimum Gasteiger partial charge on any atom is -0.456 e. The van der Waals surface area contributed by atoms with E-state index in [1.807, 2.05) is 6.07 Å². The minimum absolute atomic E-state index is 0.735. The van der Waals surface area contributed by atoms with Gasteiger partial charge in [0.1, 0.15) is 11.2 Å². The predicted molar refractivity (Wildman–Crippen MR) is 263 cm³/mol. The fourth-order valence-electron chi connectivity index (χ4n) is 10.3. The predicted octanol–water partition coefficient (Wildman–Crippen LogP) is 15.6. The zero-order valence-electron chi connectivity index (χ0n) is 35.5. The first kappa shape index (κ1) is 37.5. The molecule has 12 rings (SSSR count). The minimum atomic E-state index is 0.735. The van der Waals surface area contributed by atoms with Crippen molar-refractivity contribution in [1.29, 1.82) is 0 Å². The molecular weight excluding hydrogens is 779 g/mol. The highest BCUT2D eigenvalue weighted by atomic mass is 16.3. The highest BCUT2D eigenvalue weighted by Crippen LogP contribution is 2.54. The van der Waals surface area contributed by atoms with E-state index in [1.54, 1.807) is 6.20 Å². The van der Waals surface area contributed by atoms with Gasteiger partial charge >= 0.3 is 0 Å². The third-order valence-corrected chi connectivity index (χ3v) is 13.3. The van der Waals surface area contributed by atoms with Crippen LogP contribution in [0.15, 0.2) is 205 Å². The second-order valence-corrected chi connectivity index (χ2v) is 16.8. The van der Waals surface area contributed by atoms with Gasteiger partial charge in [-0.25, -0.2) is 0 Å². The molecule has 0 unspecified atom stereocenters. The van der Waals surface area contributed by atoms with E-state index in [-0.39, 0.29) is 0 Å². The molecule has 0 aliphatic heterocycles. The van der Waals surface area contributed by atoms with E-state index in [0.717, 1.165) is 95.3 Å². The Bertz CT molecular complexity index is 3590.